The van der Waals surface area contributed by atoms with Crippen molar-refractivity contribution >= 4 is 5.96 Å². The lowest BCUT2D eigenvalue weighted by Crippen LogP contribution is -2.38. The summed E-state index contributed by atoms with van der Waals surface area (Å²) >= 11 is 0. The van der Waals surface area contributed by atoms with Crippen LogP contribution in [-0.2, 0) is 12.8 Å². The molecule has 0 atom stereocenters. The van der Waals surface area contributed by atoms with Gasteiger partial charge < -0.3 is 24.8 Å². The third-order valence-electron chi connectivity index (χ3n) is 4.46. The largest absolute Gasteiger partial charge is 0.497 e. The number of benzene rings is 2. The lowest BCUT2D eigenvalue weighted by atomic mass is 10.1. The second kappa shape index (κ2) is 9.71. The van der Waals surface area contributed by atoms with Crippen molar-refractivity contribution in [2.24, 2.45) is 4.99 Å². The van der Waals surface area contributed by atoms with Gasteiger partial charge in [0.1, 0.15) is 5.75 Å². The van der Waals surface area contributed by atoms with Crippen LogP contribution in [0.15, 0.2) is 47.5 Å². The number of nitrogens with one attached hydrogen (secondary N) is 2. The van der Waals surface area contributed by atoms with Crippen molar-refractivity contribution in [3.8, 4) is 17.2 Å². The van der Waals surface area contributed by atoms with Gasteiger partial charge in [-0.15, -0.1) is 0 Å². The molecule has 1 aliphatic heterocycles. The van der Waals surface area contributed by atoms with Crippen LogP contribution in [-0.4, -0.2) is 40.0 Å². The number of fused-ring (bicyclic) bond motifs is 1. The Bertz CT molecular complexity index is 760. The maximum absolute atomic E-state index is 5.42. The van der Waals surface area contributed by atoms with Crippen molar-refractivity contribution in [2.75, 3.05) is 34.0 Å². The lowest BCUT2D eigenvalue weighted by molar-refractivity contribution is 0.174. The number of rotatable bonds is 8. The van der Waals surface area contributed by atoms with E-state index in [1.165, 1.54) is 11.1 Å². The molecule has 0 aliphatic carbocycles. The number of hydrogen-bond donors (Lipinski definition) is 2. The first-order valence-corrected chi connectivity index (χ1v) is 9.24. The predicted molar refractivity (Wildman–Crippen MR) is 107 cm³/mol. The molecule has 0 amide bonds. The van der Waals surface area contributed by atoms with Gasteiger partial charge in [-0.3, -0.25) is 4.99 Å². The topological polar surface area (TPSA) is 64.1 Å². The number of guanidine groups is 1. The summed E-state index contributed by atoms with van der Waals surface area (Å²) < 4.78 is 15.9. The third-order valence-corrected chi connectivity index (χ3v) is 4.46. The highest BCUT2D eigenvalue weighted by atomic mass is 16.7. The summed E-state index contributed by atoms with van der Waals surface area (Å²) in [6, 6.07) is 14.3. The number of aliphatic imine (C=N–C) groups is 1. The highest BCUT2D eigenvalue weighted by Gasteiger charge is 2.12. The molecule has 0 saturated heterocycles. The summed E-state index contributed by atoms with van der Waals surface area (Å²) in [6.07, 6.45) is 2.95. The molecule has 0 spiro atoms. The number of ether oxygens (including phenoxy) is 3. The SMILES string of the molecule is CN=C(NCCCc1ccc(OC)cc1)NCCc1ccc2c(c1)OCO2. The van der Waals surface area contributed by atoms with E-state index in [-0.39, 0.29) is 0 Å². The van der Waals surface area contributed by atoms with E-state index in [1.807, 2.05) is 24.3 Å². The third kappa shape index (κ3) is 5.54. The van der Waals surface area contributed by atoms with Gasteiger partial charge in [-0.25, -0.2) is 0 Å². The van der Waals surface area contributed by atoms with E-state index in [9.17, 15) is 0 Å². The Balaban J connectivity index is 1.34. The van der Waals surface area contributed by atoms with Gasteiger partial charge in [-0.2, -0.15) is 0 Å². The number of nitrogens with zero attached hydrogens (tertiary/aromatic N) is 1. The summed E-state index contributed by atoms with van der Waals surface area (Å²) in [7, 11) is 3.48. The number of aryl methyl sites for hydroxylation is 1. The average Bonchev–Trinajstić information content (AvgIpc) is 3.18. The van der Waals surface area contributed by atoms with Crippen molar-refractivity contribution in [1.29, 1.82) is 0 Å². The van der Waals surface area contributed by atoms with E-state index < -0.39 is 0 Å². The molecule has 0 fully saturated rings. The molecule has 144 valence electrons. The Kier molecular flexibility index (Phi) is 6.79. The van der Waals surface area contributed by atoms with E-state index in [1.54, 1.807) is 14.2 Å². The van der Waals surface area contributed by atoms with Crippen molar-refractivity contribution in [2.45, 2.75) is 19.3 Å². The summed E-state index contributed by atoms with van der Waals surface area (Å²) in [5, 5.41) is 6.71. The molecule has 6 heteroatoms. The highest BCUT2D eigenvalue weighted by molar-refractivity contribution is 5.79. The van der Waals surface area contributed by atoms with E-state index in [0.29, 0.717) is 6.79 Å². The Labute approximate surface area is 160 Å². The molecule has 2 N–H and O–H groups in total. The van der Waals surface area contributed by atoms with Gasteiger partial charge >= 0.3 is 0 Å². The molecule has 1 heterocycles. The summed E-state index contributed by atoms with van der Waals surface area (Å²) in [5.74, 6) is 3.36. The molecule has 27 heavy (non-hydrogen) atoms. The first-order chi connectivity index (χ1) is 13.3. The zero-order valence-electron chi connectivity index (χ0n) is 16.0. The zero-order valence-corrected chi connectivity index (χ0v) is 16.0. The van der Waals surface area contributed by atoms with E-state index >= 15 is 0 Å². The summed E-state index contributed by atoms with van der Waals surface area (Å²) in [4.78, 5) is 4.28. The Hall–Kier alpha value is -2.89. The first-order valence-electron chi connectivity index (χ1n) is 9.24. The van der Waals surface area contributed by atoms with Crippen LogP contribution in [0.2, 0.25) is 0 Å². The minimum absolute atomic E-state index is 0.310. The first kappa shape index (κ1) is 18.9. The molecule has 2 aromatic carbocycles. The Morgan fingerprint density at radius 2 is 1.70 bits per heavy atom. The fourth-order valence-electron chi connectivity index (χ4n) is 2.93. The van der Waals surface area contributed by atoms with Crippen molar-refractivity contribution in [3.63, 3.8) is 0 Å². The van der Waals surface area contributed by atoms with Crippen LogP contribution < -0.4 is 24.8 Å². The second-order valence-corrected chi connectivity index (χ2v) is 6.32. The molecular formula is C21H27N3O3. The van der Waals surface area contributed by atoms with Crippen molar-refractivity contribution in [3.05, 3.63) is 53.6 Å². The van der Waals surface area contributed by atoms with Gasteiger partial charge in [0, 0.05) is 20.1 Å². The zero-order chi connectivity index (χ0) is 18.9. The monoisotopic (exact) mass is 369 g/mol. The van der Waals surface area contributed by atoms with Crippen LogP contribution >= 0.6 is 0 Å². The van der Waals surface area contributed by atoms with Crippen LogP contribution in [0.1, 0.15) is 17.5 Å². The molecule has 2 aromatic rings. The molecule has 0 saturated carbocycles. The van der Waals surface area contributed by atoms with Crippen LogP contribution in [0, 0.1) is 0 Å². The van der Waals surface area contributed by atoms with Crippen LogP contribution in [0.5, 0.6) is 17.2 Å². The van der Waals surface area contributed by atoms with Gasteiger partial charge in [0.15, 0.2) is 17.5 Å². The molecule has 0 unspecified atom stereocenters. The lowest BCUT2D eigenvalue weighted by Gasteiger charge is -2.12. The van der Waals surface area contributed by atoms with Gasteiger partial charge in [0.05, 0.1) is 7.11 Å². The molecule has 0 bridgehead atoms. The smallest absolute Gasteiger partial charge is 0.231 e. The van der Waals surface area contributed by atoms with E-state index in [0.717, 1.165) is 55.6 Å². The molecule has 1 aliphatic rings. The summed E-state index contributed by atoms with van der Waals surface area (Å²) in [6.45, 7) is 1.98. The van der Waals surface area contributed by atoms with Gasteiger partial charge in [-0.05, 0) is 54.7 Å². The van der Waals surface area contributed by atoms with E-state index in [4.69, 9.17) is 14.2 Å². The standard InChI is InChI=1S/C21H27N3O3/c1-22-21(23-12-3-4-16-5-8-18(25-2)9-6-16)24-13-11-17-7-10-19-20(14-17)27-15-26-19/h5-10,14H,3-4,11-13,15H2,1-2H3,(H2,22,23,24). The fourth-order valence-corrected chi connectivity index (χ4v) is 2.93. The quantitative estimate of drug-likeness (QED) is 0.426. The summed E-state index contributed by atoms with van der Waals surface area (Å²) in [5.41, 5.74) is 2.52. The normalized spacial score (nSPS) is 12.7. The molecule has 0 radical (unpaired) electrons. The van der Waals surface area contributed by atoms with Gasteiger partial charge in [0.25, 0.3) is 0 Å². The fraction of sp³-hybridized carbons (Fsp3) is 0.381. The van der Waals surface area contributed by atoms with Crippen LogP contribution in [0.25, 0.3) is 0 Å². The average molecular weight is 369 g/mol. The minimum atomic E-state index is 0.310. The molecule has 6 nitrogen and oxygen atoms in total. The van der Waals surface area contributed by atoms with Crippen LogP contribution in [0.3, 0.4) is 0 Å². The molecular weight excluding hydrogens is 342 g/mol. The van der Waals surface area contributed by atoms with E-state index in [2.05, 4.69) is 33.8 Å². The van der Waals surface area contributed by atoms with Crippen molar-refractivity contribution in [1.82, 2.24) is 10.6 Å². The highest BCUT2D eigenvalue weighted by Crippen LogP contribution is 2.32. The van der Waals surface area contributed by atoms with Crippen molar-refractivity contribution < 1.29 is 14.2 Å². The van der Waals surface area contributed by atoms with Gasteiger partial charge in [0.2, 0.25) is 6.79 Å². The van der Waals surface area contributed by atoms with Crippen LogP contribution in [0.4, 0.5) is 0 Å². The molecule has 3 rings (SSSR count). The maximum atomic E-state index is 5.42. The van der Waals surface area contributed by atoms with Gasteiger partial charge in [-0.1, -0.05) is 18.2 Å². The predicted octanol–water partition coefficient (Wildman–Crippen LogP) is 2.76. The number of hydrogen-bond acceptors (Lipinski definition) is 4. The minimum Gasteiger partial charge on any atom is -0.497 e. The second-order valence-electron chi connectivity index (χ2n) is 6.32. The Morgan fingerprint density at radius 1 is 0.963 bits per heavy atom. The maximum Gasteiger partial charge on any atom is 0.231 e. The molecule has 0 aromatic heterocycles. The number of methoxy groups -OCH3 is 1. The Morgan fingerprint density at radius 3 is 2.48 bits per heavy atom.